The van der Waals surface area contributed by atoms with Gasteiger partial charge in [-0.3, -0.25) is 0 Å². The van der Waals surface area contributed by atoms with E-state index in [1.807, 2.05) is 6.92 Å². The van der Waals surface area contributed by atoms with E-state index >= 15 is 0 Å². The van der Waals surface area contributed by atoms with Crippen molar-refractivity contribution >= 4 is 11.8 Å². The van der Waals surface area contributed by atoms with Crippen LogP contribution in [0, 0.1) is 6.92 Å². The molecule has 0 unspecified atom stereocenters. The van der Waals surface area contributed by atoms with Crippen LogP contribution in [0.4, 0.5) is 5.82 Å². The molecule has 0 bridgehead atoms. The van der Waals surface area contributed by atoms with Crippen LogP contribution in [0.5, 0.6) is 0 Å². The van der Waals surface area contributed by atoms with Crippen molar-refractivity contribution in [3.8, 4) is 0 Å². The van der Waals surface area contributed by atoms with E-state index in [0.29, 0.717) is 5.56 Å². The lowest BCUT2D eigenvalue weighted by Gasteiger charge is -2.22. The fourth-order valence-corrected chi connectivity index (χ4v) is 2.24. The van der Waals surface area contributed by atoms with Crippen molar-refractivity contribution in [2.75, 3.05) is 18.0 Å². The first-order valence-electron chi connectivity index (χ1n) is 6.14. The lowest BCUT2D eigenvalue weighted by molar-refractivity contribution is 0.0696. The third-order valence-corrected chi connectivity index (χ3v) is 3.12. The zero-order valence-electron chi connectivity index (χ0n) is 10.1. The molecule has 0 atom stereocenters. The zero-order chi connectivity index (χ0) is 12.3. The SMILES string of the molecule is Cc1cc(C(=O)O)cc(N2CCCCCC2)n1. The molecule has 1 N–H and O–H groups in total. The average Bonchev–Trinajstić information content (AvgIpc) is 2.56. The fraction of sp³-hybridized carbons (Fsp3) is 0.538. The van der Waals surface area contributed by atoms with Crippen molar-refractivity contribution in [2.24, 2.45) is 0 Å². The predicted octanol–water partition coefficient (Wildman–Crippen LogP) is 2.47. The van der Waals surface area contributed by atoms with Gasteiger partial charge in [0.05, 0.1) is 5.56 Å². The number of hydrogen-bond donors (Lipinski definition) is 1. The van der Waals surface area contributed by atoms with Crippen molar-refractivity contribution in [2.45, 2.75) is 32.6 Å². The fourth-order valence-electron chi connectivity index (χ4n) is 2.24. The van der Waals surface area contributed by atoms with Crippen molar-refractivity contribution < 1.29 is 9.90 Å². The van der Waals surface area contributed by atoms with E-state index in [1.54, 1.807) is 12.1 Å². The second kappa shape index (κ2) is 5.17. The maximum atomic E-state index is 11.0. The molecule has 1 aliphatic heterocycles. The van der Waals surface area contributed by atoms with E-state index in [1.165, 1.54) is 12.8 Å². The lowest BCUT2D eigenvalue weighted by atomic mass is 10.2. The van der Waals surface area contributed by atoms with Crippen LogP contribution in [0.2, 0.25) is 0 Å². The van der Waals surface area contributed by atoms with Crippen molar-refractivity contribution in [3.05, 3.63) is 23.4 Å². The summed E-state index contributed by atoms with van der Waals surface area (Å²) in [6, 6.07) is 3.30. The maximum absolute atomic E-state index is 11.0. The molecule has 4 nitrogen and oxygen atoms in total. The molecule has 0 saturated carbocycles. The van der Waals surface area contributed by atoms with Gasteiger partial charge in [-0.1, -0.05) is 12.8 Å². The van der Waals surface area contributed by atoms with E-state index in [-0.39, 0.29) is 0 Å². The van der Waals surface area contributed by atoms with Crippen LogP contribution in [0.15, 0.2) is 12.1 Å². The Balaban J connectivity index is 2.27. The molecule has 2 heterocycles. The number of pyridine rings is 1. The molecule has 1 aromatic heterocycles. The largest absolute Gasteiger partial charge is 0.478 e. The number of aromatic carboxylic acids is 1. The molecule has 1 aromatic rings. The standard InChI is InChI=1S/C13H18N2O2/c1-10-8-11(13(16)17)9-12(14-10)15-6-4-2-3-5-7-15/h8-9H,2-7H2,1H3,(H,16,17). The van der Waals surface area contributed by atoms with Crippen LogP contribution < -0.4 is 4.90 Å². The third-order valence-electron chi connectivity index (χ3n) is 3.12. The van der Waals surface area contributed by atoms with Gasteiger partial charge in [0.15, 0.2) is 0 Å². The summed E-state index contributed by atoms with van der Waals surface area (Å²) in [5, 5.41) is 9.04. The summed E-state index contributed by atoms with van der Waals surface area (Å²) in [7, 11) is 0. The maximum Gasteiger partial charge on any atom is 0.335 e. The molecule has 0 radical (unpaired) electrons. The smallest absolute Gasteiger partial charge is 0.335 e. The van der Waals surface area contributed by atoms with Crippen LogP contribution in [-0.4, -0.2) is 29.1 Å². The Labute approximate surface area is 101 Å². The number of rotatable bonds is 2. The first-order valence-corrected chi connectivity index (χ1v) is 6.14. The summed E-state index contributed by atoms with van der Waals surface area (Å²) in [6.45, 7) is 3.80. The van der Waals surface area contributed by atoms with Gasteiger partial charge in [0.1, 0.15) is 5.82 Å². The molecule has 4 heteroatoms. The molecule has 1 aliphatic rings. The van der Waals surface area contributed by atoms with E-state index in [0.717, 1.165) is 37.4 Å². The molecule has 1 saturated heterocycles. The topological polar surface area (TPSA) is 53.4 Å². The summed E-state index contributed by atoms with van der Waals surface area (Å²) in [6.07, 6.45) is 4.85. The second-order valence-electron chi connectivity index (χ2n) is 4.56. The summed E-state index contributed by atoms with van der Waals surface area (Å²) in [5.41, 5.74) is 1.10. The molecule has 1 fully saturated rings. The van der Waals surface area contributed by atoms with Crippen molar-refractivity contribution in [1.82, 2.24) is 4.98 Å². The Morgan fingerprint density at radius 2 is 1.88 bits per heavy atom. The van der Waals surface area contributed by atoms with Crippen LogP contribution >= 0.6 is 0 Å². The van der Waals surface area contributed by atoms with Crippen molar-refractivity contribution in [3.63, 3.8) is 0 Å². The number of aryl methyl sites for hydroxylation is 1. The summed E-state index contributed by atoms with van der Waals surface area (Å²) in [4.78, 5) is 17.7. The third kappa shape index (κ3) is 2.96. The van der Waals surface area contributed by atoms with Crippen LogP contribution in [0.3, 0.4) is 0 Å². The summed E-state index contributed by atoms with van der Waals surface area (Å²) >= 11 is 0. The number of carboxylic acids is 1. The quantitative estimate of drug-likeness (QED) is 0.854. The van der Waals surface area contributed by atoms with Gasteiger partial charge < -0.3 is 10.0 Å². The van der Waals surface area contributed by atoms with Gasteiger partial charge in [-0.15, -0.1) is 0 Å². The van der Waals surface area contributed by atoms with E-state index in [2.05, 4.69) is 9.88 Å². The van der Waals surface area contributed by atoms with Gasteiger partial charge in [-0.05, 0) is 31.9 Å². The van der Waals surface area contributed by atoms with Crippen molar-refractivity contribution in [1.29, 1.82) is 0 Å². The van der Waals surface area contributed by atoms with Crippen LogP contribution in [-0.2, 0) is 0 Å². The minimum atomic E-state index is -0.883. The molecule has 0 aromatic carbocycles. The summed E-state index contributed by atoms with van der Waals surface area (Å²) in [5.74, 6) is -0.0733. The number of carbonyl (C=O) groups is 1. The van der Waals surface area contributed by atoms with Crippen LogP contribution in [0.25, 0.3) is 0 Å². The normalized spacial score (nSPS) is 16.6. The van der Waals surface area contributed by atoms with Gasteiger partial charge in [-0.25, -0.2) is 9.78 Å². The molecular formula is C13H18N2O2. The Kier molecular flexibility index (Phi) is 3.61. The average molecular weight is 234 g/mol. The first-order chi connectivity index (χ1) is 8.16. The molecule has 17 heavy (non-hydrogen) atoms. The number of hydrogen-bond acceptors (Lipinski definition) is 3. The van der Waals surface area contributed by atoms with Gasteiger partial charge in [0.25, 0.3) is 0 Å². The second-order valence-corrected chi connectivity index (χ2v) is 4.56. The predicted molar refractivity (Wildman–Crippen MR) is 66.6 cm³/mol. The molecule has 0 amide bonds. The van der Waals surface area contributed by atoms with E-state index in [4.69, 9.17) is 5.11 Å². The lowest BCUT2D eigenvalue weighted by Crippen LogP contribution is -2.25. The first kappa shape index (κ1) is 11.9. The highest BCUT2D eigenvalue weighted by molar-refractivity contribution is 5.88. The van der Waals surface area contributed by atoms with E-state index in [9.17, 15) is 4.79 Å². The Bertz CT molecular complexity index is 410. The van der Waals surface area contributed by atoms with Gasteiger partial charge in [-0.2, -0.15) is 0 Å². The van der Waals surface area contributed by atoms with Gasteiger partial charge in [0.2, 0.25) is 0 Å². The molecule has 0 spiro atoms. The highest BCUT2D eigenvalue weighted by Crippen LogP contribution is 2.19. The van der Waals surface area contributed by atoms with E-state index < -0.39 is 5.97 Å². The monoisotopic (exact) mass is 234 g/mol. The highest BCUT2D eigenvalue weighted by Gasteiger charge is 2.14. The number of nitrogens with zero attached hydrogens (tertiary/aromatic N) is 2. The zero-order valence-corrected chi connectivity index (χ0v) is 10.1. The van der Waals surface area contributed by atoms with Crippen LogP contribution in [0.1, 0.15) is 41.7 Å². The Hall–Kier alpha value is -1.58. The minimum Gasteiger partial charge on any atom is -0.478 e. The molecule has 2 rings (SSSR count). The molecule has 92 valence electrons. The number of carboxylic acid groups (broad SMARTS) is 1. The minimum absolute atomic E-state index is 0.330. The Morgan fingerprint density at radius 3 is 2.47 bits per heavy atom. The summed E-state index contributed by atoms with van der Waals surface area (Å²) < 4.78 is 0. The molecular weight excluding hydrogens is 216 g/mol. The molecule has 0 aliphatic carbocycles. The van der Waals surface area contributed by atoms with Gasteiger partial charge >= 0.3 is 5.97 Å². The highest BCUT2D eigenvalue weighted by atomic mass is 16.4. The number of aromatic nitrogens is 1. The Morgan fingerprint density at radius 1 is 1.24 bits per heavy atom. The van der Waals surface area contributed by atoms with Gasteiger partial charge in [0, 0.05) is 18.8 Å². The number of anilines is 1.